The minimum absolute atomic E-state index is 0.00618. The molecular formula is C8H16O4. The maximum atomic E-state index is 9.14. The highest BCUT2D eigenvalue weighted by Crippen LogP contribution is 2.13. The first kappa shape index (κ1) is 11.6. The van der Waals surface area contributed by atoms with Crippen molar-refractivity contribution in [1.82, 2.24) is 0 Å². The summed E-state index contributed by atoms with van der Waals surface area (Å²) in [6.45, 7) is 5.16. The first-order valence-electron chi connectivity index (χ1n) is 3.92. The molecular weight excluding hydrogens is 160 g/mol. The average Bonchev–Trinajstić information content (AvgIpc) is 2.01. The van der Waals surface area contributed by atoms with Gasteiger partial charge in [-0.3, -0.25) is 0 Å². The molecule has 0 aliphatic rings. The van der Waals surface area contributed by atoms with Gasteiger partial charge in [0.05, 0.1) is 6.61 Å². The van der Waals surface area contributed by atoms with E-state index in [0.29, 0.717) is 6.42 Å². The summed E-state index contributed by atoms with van der Waals surface area (Å²) >= 11 is 0. The number of hydrogen-bond acceptors (Lipinski definition) is 4. The lowest BCUT2D eigenvalue weighted by molar-refractivity contribution is -0.373. The molecule has 0 radical (unpaired) electrons. The topological polar surface area (TPSA) is 69.9 Å². The predicted molar refractivity (Wildman–Crippen MR) is 44.2 cm³/mol. The van der Waals surface area contributed by atoms with E-state index in [1.807, 2.05) is 6.92 Å². The van der Waals surface area contributed by atoms with Gasteiger partial charge in [-0.15, -0.1) is 6.58 Å². The SMILES string of the molecule is C=CCOC(O)(O)C(O)CCC. The molecule has 1 atom stereocenters. The van der Waals surface area contributed by atoms with Gasteiger partial charge in [0, 0.05) is 0 Å². The van der Waals surface area contributed by atoms with Crippen molar-refractivity contribution in [2.45, 2.75) is 31.8 Å². The first-order chi connectivity index (χ1) is 5.54. The van der Waals surface area contributed by atoms with Crippen LogP contribution in [-0.4, -0.2) is 34.0 Å². The standard InChI is InChI=1S/C8H16O4/c1-3-5-7(9)8(10,11)12-6-4-2/h4,7,9-11H,2-3,5-6H2,1H3. The van der Waals surface area contributed by atoms with Crippen molar-refractivity contribution < 1.29 is 20.1 Å². The number of aliphatic hydroxyl groups is 3. The second-order valence-corrected chi connectivity index (χ2v) is 2.56. The van der Waals surface area contributed by atoms with Crippen LogP contribution in [0.4, 0.5) is 0 Å². The van der Waals surface area contributed by atoms with Gasteiger partial charge in [-0.2, -0.15) is 0 Å². The lowest BCUT2D eigenvalue weighted by atomic mass is 10.2. The Morgan fingerprint density at radius 2 is 2.17 bits per heavy atom. The zero-order chi connectivity index (χ0) is 9.61. The van der Waals surface area contributed by atoms with Crippen LogP contribution in [0.15, 0.2) is 12.7 Å². The van der Waals surface area contributed by atoms with E-state index < -0.39 is 12.1 Å². The van der Waals surface area contributed by atoms with E-state index >= 15 is 0 Å². The third kappa shape index (κ3) is 3.82. The molecule has 0 amide bonds. The number of aliphatic hydroxyl groups excluding tert-OH is 1. The summed E-state index contributed by atoms with van der Waals surface area (Å²) in [6, 6.07) is 0. The Morgan fingerprint density at radius 3 is 2.58 bits per heavy atom. The smallest absolute Gasteiger partial charge is 0.305 e. The maximum Gasteiger partial charge on any atom is 0.305 e. The van der Waals surface area contributed by atoms with E-state index in [0.717, 1.165) is 0 Å². The third-order valence-electron chi connectivity index (χ3n) is 1.41. The largest absolute Gasteiger partial charge is 0.385 e. The van der Waals surface area contributed by atoms with Crippen LogP contribution < -0.4 is 0 Å². The van der Waals surface area contributed by atoms with E-state index in [9.17, 15) is 0 Å². The highest BCUT2D eigenvalue weighted by molar-refractivity contribution is 4.70. The highest BCUT2D eigenvalue weighted by Gasteiger charge is 2.33. The summed E-state index contributed by atoms with van der Waals surface area (Å²) in [5.41, 5.74) is 0. The number of rotatable bonds is 6. The van der Waals surface area contributed by atoms with Crippen molar-refractivity contribution in [3.8, 4) is 0 Å². The van der Waals surface area contributed by atoms with Crippen LogP contribution >= 0.6 is 0 Å². The van der Waals surface area contributed by atoms with Gasteiger partial charge < -0.3 is 20.1 Å². The van der Waals surface area contributed by atoms with E-state index in [4.69, 9.17) is 15.3 Å². The Labute approximate surface area is 72.1 Å². The first-order valence-corrected chi connectivity index (χ1v) is 3.92. The normalized spacial score (nSPS) is 14.3. The summed E-state index contributed by atoms with van der Waals surface area (Å²) in [5.74, 6) is -2.45. The lowest BCUT2D eigenvalue weighted by Crippen LogP contribution is -2.44. The van der Waals surface area contributed by atoms with Crippen LogP contribution in [0.5, 0.6) is 0 Å². The molecule has 0 heterocycles. The van der Waals surface area contributed by atoms with Crippen LogP contribution in [0.1, 0.15) is 19.8 Å². The van der Waals surface area contributed by atoms with Gasteiger partial charge >= 0.3 is 5.97 Å². The van der Waals surface area contributed by atoms with Gasteiger partial charge in [0.1, 0.15) is 6.10 Å². The summed E-state index contributed by atoms with van der Waals surface area (Å²) in [7, 11) is 0. The van der Waals surface area contributed by atoms with Gasteiger partial charge in [-0.1, -0.05) is 19.4 Å². The fourth-order valence-electron chi connectivity index (χ4n) is 0.739. The minimum atomic E-state index is -2.45. The Kier molecular flexibility index (Phi) is 5.08. The van der Waals surface area contributed by atoms with Gasteiger partial charge in [0.25, 0.3) is 0 Å². The highest BCUT2D eigenvalue weighted by atomic mass is 16.8. The molecule has 0 bridgehead atoms. The molecule has 0 rings (SSSR count). The molecule has 0 saturated carbocycles. The van der Waals surface area contributed by atoms with Crippen LogP contribution in [0.2, 0.25) is 0 Å². The molecule has 0 aromatic heterocycles. The molecule has 0 aliphatic carbocycles. The Hall–Kier alpha value is -0.420. The fourth-order valence-corrected chi connectivity index (χ4v) is 0.739. The van der Waals surface area contributed by atoms with E-state index in [2.05, 4.69) is 11.3 Å². The lowest BCUT2D eigenvalue weighted by Gasteiger charge is -2.26. The van der Waals surface area contributed by atoms with Crippen molar-refractivity contribution in [2.75, 3.05) is 6.61 Å². The zero-order valence-corrected chi connectivity index (χ0v) is 7.23. The predicted octanol–water partition coefficient (Wildman–Crippen LogP) is -0.0116. The number of hydrogen-bond donors (Lipinski definition) is 3. The molecule has 0 fully saturated rings. The Bertz CT molecular complexity index is 133. The van der Waals surface area contributed by atoms with Gasteiger partial charge in [-0.05, 0) is 6.42 Å². The maximum absolute atomic E-state index is 9.14. The quantitative estimate of drug-likeness (QED) is 0.393. The van der Waals surface area contributed by atoms with Crippen LogP contribution in [-0.2, 0) is 4.74 Å². The third-order valence-corrected chi connectivity index (χ3v) is 1.41. The molecule has 0 aliphatic heterocycles. The van der Waals surface area contributed by atoms with Crippen molar-refractivity contribution in [3.63, 3.8) is 0 Å². The van der Waals surface area contributed by atoms with E-state index in [1.165, 1.54) is 6.08 Å². The van der Waals surface area contributed by atoms with Gasteiger partial charge in [-0.25, -0.2) is 0 Å². The molecule has 0 spiro atoms. The summed E-state index contributed by atoms with van der Waals surface area (Å²) in [6.07, 6.45) is 1.04. The molecule has 0 saturated heterocycles. The molecule has 3 N–H and O–H groups in total. The van der Waals surface area contributed by atoms with E-state index in [-0.39, 0.29) is 13.0 Å². The van der Waals surface area contributed by atoms with Crippen LogP contribution in [0.25, 0.3) is 0 Å². The second-order valence-electron chi connectivity index (χ2n) is 2.56. The van der Waals surface area contributed by atoms with Crippen molar-refractivity contribution in [3.05, 3.63) is 12.7 Å². The molecule has 12 heavy (non-hydrogen) atoms. The Balaban J connectivity index is 3.89. The van der Waals surface area contributed by atoms with E-state index in [1.54, 1.807) is 0 Å². The van der Waals surface area contributed by atoms with Gasteiger partial charge in [0.15, 0.2) is 0 Å². The molecule has 72 valence electrons. The monoisotopic (exact) mass is 176 g/mol. The summed E-state index contributed by atoms with van der Waals surface area (Å²) < 4.78 is 4.54. The van der Waals surface area contributed by atoms with Crippen molar-refractivity contribution in [1.29, 1.82) is 0 Å². The van der Waals surface area contributed by atoms with Crippen LogP contribution in [0, 0.1) is 0 Å². The summed E-state index contributed by atoms with van der Waals surface area (Å²) in [4.78, 5) is 0. The summed E-state index contributed by atoms with van der Waals surface area (Å²) in [5, 5.41) is 27.3. The molecule has 4 nitrogen and oxygen atoms in total. The minimum Gasteiger partial charge on any atom is -0.385 e. The second kappa shape index (κ2) is 5.27. The molecule has 0 aromatic rings. The van der Waals surface area contributed by atoms with Crippen molar-refractivity contribution in [2.24, 2.45) is 0 Å². The zero-order valence-electron chi connectivity index (χ0n) is 7.23. The molecule has 4 heteroatoms. The fraction of sp³-hybridized carbons (Fsp3) is 0.750. The Morgan fingerprint density at radius 1 is 1.58 bits per heavy atom. The number of ether oxygens (including phenoxy) is 1. The van der Waals surface area contributed by atoms with Gasteiger partial charge in [0.2, 0.25) is 0 Å². The van der Waals surface area contributed by atoms with Crippen molar-refractivity contribution >= 4 is 0 Å². The molecule has 1 unspecified atom stereocenters. The van der Waals surface area contributed by atoms with Crippen LogP contribution in [0.3, 0.4) is 0 Å². The average molecular weight is 176 g/mol. The molecule has 0 aromatic carbocycles.